The van der Waals surface area contributed by atoms with Crippen molar-refractivity contribution in [3.05, 3.63) is 33.8 Å². The molecule has 0 bridgehead atoms. The number of rotatable bonds is 4. The average Bonchev–Trinajstić information content (AvgIpc) is 2.16. The quantitative estimate of drug-likeness (QED) is 0.844. The normalized spacial score (nSPS) is 10.4. The zero-order valence-corrected chi connectivity index (χ0v) is 9.26. The van der Waals surface area contributed by atoms with Crippen LogP contribution in [-0.2, 0) is 13.0 Å². The van der Waals surface area contributed by atoms with E-state index in [0.29, 0.717) is 0 Å². The maximum atomic E-state index is 8.90. The first-order chi connectivity index (χ1) is 6.27. The van der Waals surface area contributed by atoms with Gasteiger partial charge in [0.2, 0.25) is 0 Å². The Bertz CT molecular complexity index is 276. The van der Waals surface area contributed by atoms with E-state index in [4.69, 9.17) is 5.11 Å². The second-order valence-corrected chi connectivity index (χ2v) is 3.79. The minimum atomic E-state index is 0.102. The van der Waals surface area contributed by atoms with Crippen molar-refractivity contribution in [3.63, 3.8) is 0 Å². The summed E-state index contributed by atoms with van der Waals surface area (Å²) in [5.74, 6) is 0. The molecule has 0 saturated carbocycles. The third-order valence-electron chi connectivity index (χ3n) is 1.94. The first-order valence-electron chi connectivity index (χ1n) is 4.30. The van der Waals surface area contributed by atoms with Gasteiger partial charge in [-0.3, -0.25) is 0 Å². The summed E-state index contributed by atoms with van der Waals surface area (Å²) in [4.78, 5) is 0. The number of aliphatic hydroxyl groups excluding tert-OH is 1. The fourth-order valence-corrected chi connectivity index (χ4v) is 1.78. The van der Waals surface area contributed by atoms with Crippen molar-refractivity contribution in [1.29, 1.82) is 0 Å². The van der Waals surface area contributed by atoms with Crippen LogP contribution in [0.1, 0.15) is 11.1 Å². The van der Waals surface area contributed by atoms with E-state index in [1.54, 1.807) is 0 Å². The van der Waals surface area contributed by atoms with Crippen LogP contribution in [-0.4, -0.2) is 18.7 Å². The van der Waals surface area contributed by atoms with Gasteiger partial charge in [-0.25, -0.2) is 0 Å². The Morgan fingerprint density at radius 2 is 2.23 bits per heavy atom. The monoisotopic (exact) mass is 243 g/mol. The van der Waals surface area contributed by atoms with Gasteiger partial charge in [-0.1, -0.05) is 28.1 Å². The van der Waals surface area contributed by atoms with Gasteiger partial charge in [-0.05, 0) is 37.2 Å². The molecule has 72 valence electrons. The predicted octanol–water partition coefficient (Wildman–Crippen LogP) is 1.70. The van der Waals surface area contributed by atoms with Gasteiger partial charge >= 0.3 is 0 Å². The molecule has 0 spiro atoms. The molecular weight excluding hydrogens is 230 g/mol. The molecule has 0 aliphatic heterocycles. The molecule has 3 heteroatoms. The third-order valence-corrected chi connectivity index (χ3v) is 2.68. The van der Waals surface area contributed by atoms with Gasteiger partial charge in [0.1, 0.15) is 0 Å². The number of hydrogen-bond acceptors (Lipinski definition) is 2. The predicted molar refractivity (Wildman–Crippen MR) is 57.7 cm³/mol. The smallest absolute Gasteiger partial charge is 0.0682 e. The van der Waals surface area contributed by atoms with E-state index >= 15 is 0 Å². The molecule has 0 fully saturated rings. The topological polar surface area (TPSA) is 32.3 Å². The van der Waals surface area contributed by atoms with Crippen LogP contribution >= 0.6 is 15.9 Å². The van der Waals surface area contributed by atoms with Gasteiger partial charge < -0.3 is 10.4 Å². The lowest BCUT2D eigenvalue weighted by molar-refractivity contribution is 0.281. The summed E-state index contributed by atoms with van der Waals surface area (Å²) in [5.41, 5.74) is 2.21. The summed E-state index contributed by atoms with van der Waals surface area (Å²) in [7, 11) is 1.94. The molecule has 1 aromatic carbocycles. The second-order valence-electron chi connectivity index (χ2n) is 2.94. The second kappa shape index (κ2) is 5.37. The zero-order chi connectivity index (χ0) is 9.68. The van der Waals surface area contributed by atoms with Crippen LogP contribution in [0, 0.1) is 0 Å². The van der Waals surface area contributed by atoms with E-state index in [2.05, 4.69) is 21.2 Å². The first kappa shape index (κ1) is 10.7. The lowest BCUT2D eigenvalue weighted by atomic mass is 10.1. The Hall–Kier alpha value is -0.380. The zero-order valence-electron chi connectivity index (χ0n) is 7.68. The van der Waals surface area contributed by atoms with Crippen molar-refractivity contribution in [1.82, 2.24) is 5.32 Å². The van der Waals surface area contributed by atoms with Crippen molar-refractivity contribution >= 4 is 15.9 Å². The highest BCUT2D eigenvalue weighted by Crippen LogP contribution is 2.18. The summed E-state index contributed by atoms with van der Waals surface area (Å²) >= 11 is 3.48. The van der Waals surface area contributed by atoms with Gasteiger partial charge in [-0.2, -0.15) is 0 Å². The molecular formula is C10H14BrNO. The van der Waals surface area contributed by atoms with Crippen LogP contribution in [0.2, 0.25) is 0 Å². The van der Waals surface area contributed by atoms with E-state index in [-0.39, 0.29) is 6.61 Å². The molecule has 0 atom stereocenters. The van der Waals surface area contributed by atoms with Gasteiger partial charge in [0.25, 0.3) is 0 Å². The molecule has 0 aromatic heterocycles. The van der Waals surface area contributed by atoms with Crippen LogP contribution in [0.3, 0.4) is 0 Å². The molecule has 1 aromatic rings. The fourth-order valence-electron chi connectivity index (χ4n) is 1.15. The molecule has 1 rings (SSSR count). The lowest BCUT2D eigenvalue weighted by Crippen LogP contribution is -2.10. The van der Waals surface area contributed by atoms with Gasteiger partial charge in [0.05, 0.1) is 6.61 Å². The molecule has 0 unspecified atom stereocenters. The summed E-state index contributed by atoms with van der Waals surface area (Å²) in [5, 5.41) is 12.0. The van der Waals surface area contributed by atoms with Crippen molar-refractivity contribution in [2.24, 2.45) is 0 Å². The highest BCUT2D eigenvalue weighted by molar-refractivity contribution is 9.10. The molecule has 13 heavy (non-hydrogen) atoms. The largest absolute Gasteiger partial charge is 0.392 e. The molecule has 0 saturated heterocycles. The maximum Gasteiger partial charge on any atom is 0.0682 e. The van der Waals surface area contributed by atoms with Crippen molar-refractivity contribution < 1.29 is 5.11 Å². The number of aliphatic hydroxyl groups is 1. The van der Waals surface area contributed by atoms with Crippen LogP contribution in [0.25, 0.3) is 0 Å². The third kappa shape index (κ3) is 3.10. The summed E-state index contributed by atoms with van der Waals surface area (Å²) in [6, 6.07) is 5.97. The Morgan fingerprint density at radius 1 is 1.46 bits per heavy atom. The Morgan fingerprint density at radius 3 is 2.77 bits per heavy atom. The maximum absolute atomic E-state index is 8.90. The molecule has 0 heterocycles. The first-order valence-corrected chi connectivity index (χ1v) is 5.10. The average molecular weight is 244 g/mol. The van der Waals surface area contributed by atoms with Gasteiger partial charge in [0, 0.05) is 4.47 Å². The minimum absolute atomic E-state index is 0.102. The molecule has 0 amide bonds. The molecule has 0 aliphatic rings. The summed E-state index contributed by atoms with van der Waals surface area (Å²) < 4.78 is 1.08. The van der Waals surface area contributed by atoms with E-state index in [9.17, 15) is 0 Å². The number of hydrogen-bond donors (Lipinski definition) is 2. The van der Waals surface area contributed by atoms with Crippen LogP contribution < -0.4 is 5.32 Å². The Balaban J connectivity index is 2.73. The Labute approximate surface area is 87.1 Å². The summed E-state index contributed by atoms with van der Waals surface area (Å²) in [6.07, 6.45) is 1.00. The molecule has 2 nitrogen and oxygen atoms in total. The number of halogens is 1. The van der Waals surface area contributed by atoms with Gasteiger partial charge in [-0.15, -0.1) is 0 Å². The van der Waals surface area contributed by atoms with Crippen molar-refractivity contribution in [3.8, 4) is 0 Å². The highest BCUT2D eigenvalue weighted by atomic mass is 79.9. The van der Waals surface area contributed by atoms with Crippen LogP contribution in [0.15, 0.2) is 22.7 Å². The minimum Gasteiger partial charge on any atom is -0.392 e. The molecule has 0 aliphatic carbocycles. The number of likely N-dealkylation sites (N-methyl/N-ethyl adjacent to an activating group) is 1. The SMILES string of the molecule is CNCCc1ccc(CO)cc1Br. The number of benzene rings is 1. The van der Waals surface area contributed by atoms with Crippen LogP contribution in [0.5, 0.6) is 0 Å². The van der Waals surface area contributed by atoms with Crippen molar-refractivity contribution in [2.45, 2.75) is 13.0 Å². The van der Waals surface area contributed by atoms with E-state index < -0.39 is 0 Å². The Kier molecular flexibility index (Phi) is 4.42. The van der Waals surface area contributed by atoms with Crippen molar-refractivity contribution in [2.75, 3.05) is 13.6 Å². The highest BCUT2D eigenvalue weighted by Gasteiger charge is 2.00. The van der Waals surface area contributed by atoms with E-state index in [0.717, 1.165) is 23.0 Å². The standard InChI is InChI=1S/C10H14BrNO/c1-12-5-4-9-3-2-8(7-13)6-10(9)11/h2-3,6,12-13H,4-5,7H2,1H3. The van der Waals surface area contributed by atoms with Gasteiger partial charge in [0.15, 0.2) is 0 Å². The molecule has 0 radical (unpaired) electrons. The number of nitrogens with one attached hydrogen (secondary N) is 1. The summed E-state index contributed by atoms with van der Waals surface area (Å²) in [6.45, 7) is 1.07. The van der Waals surface area contributed by atoms with Crippen LogP contribution in [0.4, 0.5) is 0 Å². The van der Waals surface area contributed by atoms with E-state index in [1.165, 1.54) is 5.56 Å². The fraction of sp³-hybridized carbons (Fsp3) is 0.400. The molecule has 2 N–H and O–H groups in total. The van der Waals surface area contributed by atoms with E-state index in [1.807, 2.05) is 25.2 Å². The lowest BCUT2D eigenvalue weighted by Gasteiger charge is -2.05.